The van der Waals surface area contributed by atoms with Crippen LogP contribution in [0.4, 0.5) is 0 Å². The van der Waals surface area contributed by atoms with E-state index in [9.17, 15) is 0 Å². The van der Waals surface area contributed by atoms with Gasteiger partial charge in [-0.3, -0.25) is 0 Å². The number of benzene rings is 1. The first kappa shape index (κ1) is 15.1. The van der Waals surface area contributed by atoms with Gasteiger partial charge in [-0.05, 0) is 29.5 Å². The Labute approximate surface area is 129 Å². The average molecular weight is 310 g/mol. The van der Waals surface area contributed by atoms with Gasteiger partial charge in [-0.1, -0.05) is 43.6 Å². The van der Waals surface area contributed by atoms with Gasteiger partial charge in [-0.15, -0.1) is 11.6 Å². The maximum Gasteiger partial charge on any atom is 0.219 e. The van der Waals surface area contributed by atoms with E-state index in [2.05, 4.69) is 24.9 Å². The molecule has 0 fully saturated rings. The van der Waals surface area contributed by atoms with Crippen LogP contribution in [0.5, 0.6) is 11.6 Å². The van der Waals surface area contributed by atoms with Crippen LogP contribution in [0.25, 0.3) is 0 Å². The van der Waals surface area contributed by atoms with Gasteiger partial charge >= 0.3 is 0 Å². The predicted octanol–water partition coefficient (Wildman–Crippen LogP) is 5.78. The zero-order chi connectivity index (χ0) is 14.5. The summed E-state index contributed by atoms with van der Waals surface area (Å²) in [6, 6.07) is 9.80. The monoisotopic (exact) mass is 309 g/mol. The second kappa shape index (κ2) is 6.96. The molecule has 0 saturated heterocycles. The van der Waals surface area contributed by atoms with Crippen molar-refractivity contribution in [1.82, 2.24) is 4.98 Å². The molecule has 0 N–H and O–H groups in total. The van der Waals surface area contributed by atoms with Gasteiger partial charge in [-0.2, -0.15) is 0 Å². The number of ether oxygens (including phenoxy) is 1. The Bertz CT molecular complexity index is 586. The molecule has 20 heavy (non-hydrogen) atoms. The molecule has 1 unspecified atom stereocenters. The van der Waals surface area contributed by atoms with Crippen molar-refractivity contribution in [3.05, 3.63) is 52.7 Å². The number of hydrogen-bond acceptors (Lipinski definition) is 2. The van der Waals surface area contributed by atoms with Gasteiger partial charge < -0.3 is 4.74 Å². The van der Waals surface area contributed by atoms with E-state index >= 15 is 0 Å². The number of para-hydroxylation sites is 1. The molecule has 4 heteroatoms. The Hall–Kier alpha value is -1.25. The summed E-state index contributed by atoms with van der Waals surface area (Å²) in [5.41, 5.74) is 2.00. The van der Waals surface area contributed by atoms with Crippen LogP contribution in [-0.4, -0.2) is 4.98 Å². The van der Waals surface area contributed by atoms with E-state index in [1.165, 1.54) is 5.56 Å². The van der Waals surface area contributed by atoms with Crippen molar-refractivity contribution >= 4 is 23.2 Å². The number of alkyl halides is 1. The Kier molecular flexibility index (Phi) is 5.27. The first-order valence-corrected chi connectivity index (χ1v) is 7.54. The van der Waals surface area contributed by atoms with Crippen LogP contribution in [0.15, 0.2) is 36.5 Å². The van der Waals surface area contributed by atoms with Crippen molar-refractivity contribution in [2.45, 2.75) is 32.1 Å². The third-order valence-corrected chi connectivity index (χ3v) is 3.96. The predicted molar refractivity (Wildman–Crippen MR) is 84.0 cm³/mol. The first-order valence-electron chi connectivity index (χ1n) is 6.62. The summed E-state index contributed by atoms with van der Waals surface area (Å²) in [5.74, 6) is 2.12. The molecule has 1 aromatic heterocycles. The second-order valence-corrected chi connectivity index (χ2v) is 5.37. The summed E-state index contributed by atoms with van der Waals surface area (Å²) in [7, 11) is 0. The third-order valence-electron chi connectivity index (χ3n) is 3.33. The maximum absolute atomic E-state index is 6.00. The molecule has 0 bridgehead atoms. The van der Waals surface area contributed by atoms with Crippen LogP contribution in [0, 0.1) is 0 Å². The molecule has 0 aliphatic carbocycles. The summed E-state index contributed by atoms with van der Waals surface area (Å²) in [6.45, 7) is 4.34. The van der Waals surface area contributed by atoms with Crippen LogP contribution in [0.2, 0.25) is 5.02 Å². The highest BCUT2D eigenvalue weighted by molar-refractivity contribution is 6.32. The highest BCUT2D eigenvalue weighted by atomic mass is 35.5. The molecule has 2 nitrogen and oxygen atoms in total. The van der Waals surface area contributed by atoms with Crippen molar-refractivity contribution in [1.29, 1.82) is 0 Å². The summed E-state index contributed by atoms with van der Waals surface area (Å²) in [6.07, 6.45) is 2.63. The van der Waals surface area contributed by atoms with Gasteiger partial charge in [0, 0.05) is 18.1 Å². The molecule has 1 atom stereocenters. The SMILES string of the molecule is CCC(C)c1ccccc1Oc1cc(CCl)c(Cl)cn1. The van der Waals surface area contributed by atoms with Gasteiger partial charge in [0.05, 0.1) is 5.02 Å². The Balaban J connectivity index is 2.30. The number of nitrogens with zero attached hydrogens (tertiary/aromatic N) is 1. The van der Waals surface area contributed by atoms with Crippen LogP contribution in [-0.2, 0) is 5.88 Å². The van der Waals surface area contributed by atoms with E-state index in [4.69, 9.17) is 27.9 Å². The minimum absolute atomic E-state index is 0.338. The fourth-order valence-electron chi connectivity index (χ4n) is 1.93. The van der Waals surface area contributed by atoms with Gasteiger partial charge in [0.2, 0.25) is 5.88 Å². The van der Waals surface area contributed by atoms with E-state index in [1.807, 2.05) is 18.2 Å². The lowest BCUT2D eigenvalue weighted by Gasteiger charge is -2.15. The summed E-state index contributed by atoms with van der Waals surface area (Å²) in [4.78, 5) is 4.20. The topological polar surface area (TPSA) is 22.1 Å². The zero-order valence-electron chi connectivity index (χ0n) is 11.6. The molecule has 2 rings (SSSR count). The molecule has 1 aromatic carbocycles. The average Bonchev–Trinajstić information content (AvgIpc) is 2.49. The highest BCUT2D eigenvalue weighted by Crippen LogP contribution is 2.32. The Morgan fingerprint density at radius 2 is 2.05 bits per heavy atom. The summed E-state index contributed by atoms with van der Waals surface area (Å²) >= 11 is 11.8. The molecule has 0 aliphatic rings. The van der Waals surface area contributed by atoms with Crippen LogP contribution < -0.4 is 4.74 Å². The van der Waals surface area contributed by atoms with E-state index in [0.29, 0.717) is 22.7 Å². The number of rotatable bonds is 5. The fourth-order valence-corrected chi connectivity index (χ4v) is 2.39. The molecule has 2 aromatic rings. The van der Waals surface area contributed by atoms with Crippen molar-refractivity contribution in [2.75, 3.05) is 0 Å². The van der Waals surface area contributed by atoms with Gasteiger partial charge in [0.1, 0.15) is 5.75 Å². The number of aromatic nitrogens is 1. The van der Waals surface area contributed by atoms with E-state index in [1.54, 1.807) is 12.3 Å². The number of halogens is 2. The zero-order valence-corrected chi connectivity index (χ0v) is 13.1. The van der Waals surface area contributed by atoms with Crippen molar-refractivity contribution in [3.8, 4) is 11.6 Å². The van der Waals surface area contributed by atoms with Crippen LogP contribution in [0.3, 0.4) is 0 Å². The molecular weight excluding hydrogens is 293 g/mol. The van der Waals surface area contributed by atoms with Crippen molar-refractivity contribution in [3.63, 3.8) is 0 Å². The lowest BCUT2D eigenvalue weighted by molar-refractivity contribution is 0.451. The lowest BCUT2D eigenvalue weighted by atomic mass is 9.98. The molecule has 106 valence electrons. The molecule has 0 aliphatic heterocycles. The lowest BCUT2D eigenvalue weighted by Crippen LogP contribution is -1.97. The van der Waals surface area contributed by atoms with E-state index < -0.39 is 0 Å². The number of hydrogen-bond donors (Lipinski definition) is 0. The molecule has 0 radical (unpaired) electrons. The first-order chi connectivity index (χ1) is 9.65. The molecular formula is C16H17Cl2NO. The minimum Gasteiger partial charge on any atom is -0.439 e. The molecule has 1 heterocycles. The molecule has 0 amide bonds. The Morgan fingerprint density at radius 1 is 1.30 bits per heavy atom. The van der Waals surface area contributed by atoms with Gasteiger partial charge in [0.15, 0.2) is 0 Å². The largest absolute Gasteiger partial charge is 0.439 e. The van der Waals surface area contributed by atoms with E-state index in [0.717, 1.165) is 17.7 Å². The van der Waals surface area contributed by atoms with Gasteiger partial charge in [-0.25, -0.2) is 4.98 Å². The van der Waals surface area contributed by atoms with E-state index in [-0.39, 0.29) is 0 Å². The summed E-state index contributed by atoms with van der Waals surface area (Å²) in [5, 5.41) is 0.558. The number of pyridine rings is 1. The maximum atomic E-state index is 6.00. The highest BCUT2D eigenvalue weighted by Gasteiger charge is 2.11. The van der Waals surface area contributed by atoms with Crippen LogP contribution in [0.1, 0.15) is 37.3 Å². The van der Waals surface area contributed by atoms with Crippen molar-refractivity contribution in [2.24, 2.45) is 0 Å². The molecule has 0 spiro atoms. The summed E-state index contributed by atoms with van der Waals surface area (Å²) < 4.78 is 5.90. The molecule has 0 saturated carbocycles. The Morgan fingerprint density at radius 3 is 2.75 bits per heavy atom. The third kappa shape index (κ3) is 3.44. The van der Waals surface area contributed by atoms with Crippen molar-refractivity contribution < 1.29 is 4.74 Å². The minimum atomic E-state index is 0.338. The smallest absolute Gasteiger partial charge is 0.219 e. The standard InChI is InChI=1S/C16H17Cl2NO/c1-3-11(2)13-6-4-5-7-15(13)20-16-8-12(9-17)14(18)10-19-16/h4-8,10-11H,3,9H2,1-2H3. The quantitative estimate of drug-likeness (QED) is 0.653. The van der Waals surface area contributed by atoms with Gasteiger partial charge in [0.25, 0.3) is 0 Å². The fraction of sp³-hybridized carbons (Fsp3) is 0.312. The second-order valence-electron chi connectivity index (χ2n) is 4.70. The normalized spacial score (nSPS) is 12.2. The van der Waals surface area contributed by atoms with Crippen LogP contribution >= 0.6 is 23.2 Å².